The van der Waals surface area contributed by atoms with Crippen molar-refractivity contribution in [2.75, 3.05) is 50.6 Å². The van der Waals surface area contributed by atoms with E-state index in [1.165, 1.54) is 5.69 Å². The van der Waals surface area contributed by atoms with Gasteiger partial charge in [-0.1, -0.05) is 6.07 Å². The normalized spacial score (nSPS) is 15.2. The third-order valence-electron chi connectivity index (χ3n) is 5.28. The second-order valence-electron chi connectivity index (χ2n) is 7.06. The van der Waals surface area contributed by atoms with Crippen molar-refractivity contribution in [3.63, 3.8) is 0 Å². The molecule has 8 nitrogen and oxygen atoms in total. The molecule has 152 valence electrons. The van der Waals surface area contributed by atoms with Gasteiger partial charge in [-0.05, 0) is 48.0 Å². The molecule has 29 heavy (non-hydrogen) atoms. The zero-order chi connectivity index (χ0) is 20.2. The molecule has 0 aliphatic carbocycles. The molecule has 4 rings (SSSR count). The van der Waals surface area contributed by atoms with Gasteiger partial charge < -0.3 is 25.0 Å². The summed E-state index contributed by atoms with van der Waals surface area (Å²) in [6.45, 7) is 6.04. The molecule has 1 aliphatic rings. The molecule has 1 saturated heterocycles. The van der Waals surface area contributed by atoms with E-state index in [1.54, 1.807) is 14.2 Å². The Morgan fingerprint density at radius 3 is 2.55 bits per heavy atom. The number of aromatic nitrogens is 3. The largest absolute Gasteiger partial charge is 0.493 e. The van der Waals surface area contributed by atoms with E-state index in [-0.39, 0.29) is 6.04 Å². The van der Waals surface area contributed by atoms with Gasteiger partial charge in [0.05, 0.1) is 25.8 Å². The third kappa shape index (κ3) is 4.02. The molecule has 8 heteroatoms. The average molecular weight is 394 g/mol. The Bertz CT molecular complexity index is 990. The number of methoxy groups -OCH3 is 2. The summed E-state index contributed by atoms with van der Waals surface area (Å²) in [7, 11) is 3.27. The van der Waals surface area contributed by atoms with Crippen LogP contribution in [0.1, 0.15) is 18.5 Å². The van der Waals surface area contributed by atoms with E-state index in [4.69, 9.17) is 9.47 Å². The van der Waals surface area contributed by atoms with Crippen molar-refractivity contribution in [1.82, 2.24) is 20.7 Å². The number of benzene rings is 2. The Morgan fingerprint density at radius 1 is 1.00 bits per heavy atom. The molecule has 1 fully saturated rings. The van der Waals surface area contributed by atoms with Crippen LogP contribution in [-0.2, 0) is 0 Å². The van der Waals surface area contributed by atoms with Crippen molar-refractivity contribution in [3.05, 3.63) is 42.0 Å². The van der Waals surface area contributed by atoms with Gasteiger partial charge in [0.15, 0.2) is 17.3 Å². The molecule has 1 aliphatic heterocycles. The number of fused-ring (bicyclic) bond motifs is 1. The second-order valence-corrected chi connectivity index (χ2v) is 7.06. The summed E-state index contributed by atoms with van der Waals surface area (Å²) >= 11 is 0. The number of ether oxygens (including phenoxy) is 2. The van der Waals surface area contributed by atoms with E-state index in [9.17, 15) is 0 Å². The van der Waals surface area contributed by atoms with Crippen LogP contribution >= 0.6 is 0 Å². The number of nitrogens with one attached hydrogen (secondary N) is 2. The van der Waals surface area contributed by atoms with Crippen molar-refractivity contribution in [3.8, 4) is 11.5 Å². The molecule has 3 aromatic rings. The van der Waals surface area contributed by atoms with Crippen molar-refractivity contribution >= 4 is 22.4 Å². The standard InChI is InChI=1S/C21H26N6O2/c1-14(15-4-7-19(28-2)20(12-15)29-3)23-21-17-13-16(27-10-8-22-9-11-27)5-6-18(17)24-26-25-21/h4-7,12-14,22H,8-11H2,1-3H3,(H,23,24,25)/t14-/m1/s1. The average Bonchev–Trinajstić information content (AvgIpc) is 2.79. The summed E-state index contributed by atoms with van der Waals surface area (Å²) in [5.74, 6) is 2.12. The first kappa shape index (κ1) is 19.2. The highest BCUT2D eigenvalue weighted by Crippen LogP contribution is 2.32. The lowest BCUT2D eigenvalue weighted by atomic mass is 10.1. The Kier molecular flexibility index (Phi) is 5.62. The van der Waals surface area contributed by atoms with E-state index in [0.717, 1.165) is 42.6 Å². The van der Waals surface area contributed by atoms with E-state index >= 15 is 0 Å². The van der Waals surface area contributed by atoms with Gasteiger partial charge in [-0.2, -0.15) is 0 Å². The first-order chi connectivity index (χ1) is 14.2. The Balaban J connectivity index is 1.63. The van der Waals surface area contributed by atoms with Crippen LogP contribution in [-0.4, -0.2) is 55.8 Å². The van der Waals surface area contributed by atoms with Crippen molar-refractivity contribution in [2.24, 2.45) is 0 Å². The van der Waals surface area contributed by atoms with Gasteiger partial charge in [0, 0.05) is 37.3 Å². The Labute approximate surface area is 170 Å². The molecule has 1 atom stereocenters. The topological polar surface area (TPSA) is 84.4 Å². The van der Waals surface area contributed by atoms with E-state index in [2.05, 4.69) is 50.0 Å². The third-order valence-corrected chi connectivity index (χ3v) is 5.28. The lowest BCUT2D eigenvalue weighted by Crippen LogP contribution is -2.43. The number of piperazine rings is 1. The maximum Gasteiger partial charge on any atom is 0.161 e. The first-order valence-electron chi connectivity index (χ1n) is 9.77. The van der Waals surface area contributed by atoms with Crippen LogP contribution in [0.5, 0.6) is 11.5 Å². The predicted octanol–water partition coefficient (Wildman–Crippen LogP) is 2.62. The second kappa shape index (κ2) is 8.48. The molecule has 2 heterocycles. The summed E-state index contributed by atoms with van der Waals surface area (Å²) < 4.78 is 10.8. The molecule has 0 spiro atoms. The molecular weight excluding hydrogens is 368 g/mol. The summed E-state index contributed by atoms with van der Waals surface area (Å²) in [6, 6.07) is 12.1. The maximum absolute atomic E-state index is 5.43. The number of anilines is 2. The maximum atomic E-state index is 5.43. The molecule has 0 bridgehead atoms. The fourth-order valence-electron chi connectivity index (χ4n) is 3.61. The lowest BCUT2D eigenvalue weighted by molar-refractivity contribution is 0.354. The van der Waals surface area contributed by atoms with E-state index in [1.807, 2.05) is 24.3 Å². The number of rotatable bonds is 6. The minimum absolute atomic E-state index is 0.00227. The smallest absolute Gasteiger partial charge is 0.161 e. The Morgan fingerprint density at radius 2 is 1.79 bits per heavy atom. The summed E-state index contributed by atoms with van der Waals surface area (Å²) in [4.78, 5) is 2.37. The van der Waals surface area contributed by atoms with Crippen LogP contribution < -0.4 is 25.0 Å². The fraction of sp³-hybridized carbons (Fsp3) is 0.381. The van der Waals surface area contributed by atoms with Crippen LogP contribution in [0.4, 0.5) is 11.5 Å². The quantitative estimate of drug-likeness (QED) is 0.660. The highest BCUT2D eigenvalue weighted by molar-refractivity contribution is 5.91. The minimum Gasteiger partial charge on any atom is -0.493 e. The molecule has 0 amide bonds. The molecule has 2 N–H and O–H groups in total. The van der Waals surface area contributed by atoms with Gasteiger partial charge in [-0.3, -0.25) is 0 Å². The zero-order valence-corrected chi connectivity index (χ0v) is 17.0. The molecule has 1 aromatic heterocycles. The number of nitrogens with zero attached hydrogens (tertiary/aromatic N) is 4. The molecule has 0 radical (unpaired) electrons. The molecule has 0 saturated carbocycles. The summed E-state index contributed by atoms with van der Waals surface area (Å²) in [5, 5.41) is 20.2. The zero-order valence-electron chi connectivity index (χ0n) is 17.0. The number of hydrogen-bond acceptors (Lipinski definition) is 8. The van der Waals surface area contributed by atoms with Gasteiger partial charge >= 0.3 is 0 Å². The van der Waals surface area contributed by atoms with Crippen molar-refractivity contribution < 1.29 is 9.47 Å². The summed E-state index contributed by atoms with van der Waals surface area (Å²) in [6.07, 6.45) is 0. The van der Waals surface area contributed by atoms with Gasteiger partial charge in [0.1, 0.15) is 0 Å². The van der Waals surface area contributed by atoms with Crippen LogP contribution in [0.15, 0.2) is 36.4 Å². The lowest BCUT2D eigenvalue weighted by Gasteiger charge is -2.29. The molecule has 0 unspecified atom stereocenters. The van der Waals surface area contributed by atoms with Crippen LogP contribution in [0.25, 0.3) is 10.9 Å². The molecule has 2 aromatic carbocycles. The first-order valence-corrected chi connectivity index (χ1v) is 9.77. The monoisotopic (exact) mass is 394 g/mol. The van der Waals surface area contributed by atoms with Crippen LogP contribution in [0, 0.1) is 0 Å². The number of hydrogen-bond donors (Lipinski definition) is 2. The van der Waals surface area contributed by atoms with E-state index in [0.29, 0.717) is 17.3 Å². The van der Waals surface area contributed by atoms with Gasteiger partial charge in [0.25, 0.3) is 0 Å². The summed E-state index contributed by atoms with van der Waals surface area (Å²) in [5.41, 5.74) is 3.06. The van der Waals surface area contributed by atoms with Gasteiger partial charge in [0.2, 0.25) is 0 Å². The fourth-order valence-corrected chi connectivity index (χ4v) is 3.61. The van der Waals surface area contributed by atoms with Crippen molar-refractivity contribution in [2.45, 2.75) is 13.0 Å². The van der Waals surface area contributed by atoms with Crippen LogP contribution in [0.3, 0.4) is 0 Å². The predicted molar refractivity (Wildman–Crippen MR) is 114 cm³/mol. The SMILES string of the molecule is COc1ccc([C@@H](C)Nc2nnnc3ccc(N4CCNCC4)cc23)cc1OC. The van der Waals surface area contributed by atoms with Gasteiger partial charge in [-0.25, -0.2) is 0 Å². The highest BCUT2D eigenvalue weighted by Gasteiger charge is 2.15. The minimum atomic E-state index is -0.00227. The highest BCUT2D eigenvalue weighted by atomic mass is 16.5. The van der Waals surface area contributed by atoms with Crippen LogP contribution in [0.2, 0.25) is 0 Å². The van der Waals surface area contributed by atoms with E-state index < -0.39 is 0 Å². The van der Waals surface area contributed by atoms with Gasteiger partial charge in [-0.15, -0.1) is 10.2 Å². The Hall–Kier alpha value is -3.13. The molecular formula is C21H26N6O2. The van der Waals surface area contributed by atoms with Crippen molar-refractivity contribution in [1.29, 1.82) is 0 Å².